The third kappa shape index (κ3) is 4.34. The molecule has 22 heavy (non-hydrogen) atoms. The minimum Gasteiger partial charge on any atom is -0.317 e. The van der Waals surface area contributed by atoms with Crippen molar-refractivity contribution in [2.75, 3.05) is 13.1 Å². The molecule has 0 atom stereocenters. The van der Waals surface area contributed by atoms with Crippen molar-refractivity contribution in [3.05, 3.63) is 69.5 Å². The Hall–Kier alpha value is -1.82. The Bertz CT molecular complexity index is 713. The van der Waals surface area contributed by atoms with Gasteiger partial charge in [-0.25, -0.2) is 4.39 Å². The van der Waals surface area contributed by atoms with Gasteiger partial charge in [0.2, 0.25) is 0 Å². The lowest BCUT2D eigenvalue weighted by Crippen LogP contribution is -2.16. The van der Waals surface area contributed by atoms with Crippen LogP contribution < -0.4 is 5.32 Å². The van der Waals surface area contributed by atoms with Gasteiger partial charge >= 0.3 is 0 Å². The summed E-state index contributed by atoms with van der Waals surface area (Å²) in [7, 11) is 0. The van der Waals surface area contributed by atoms with Gasteiger partial charge in [-0.2, -0.15) is 0 Å². The van der Waals surface area contributed by atoms with Crippen molar-refractivity contribution in [3.8, 4) is 11.8 Å². The van der Waals surface area contributed by atoms with Gasteiger partial charge in [-0.05, 0) is 61.8 Å². The fourth-order valence-corrected chi connectivity index (χ4v) is 2.50. The molecule has 0 radical (unpaired) electrons. The van der Waals surface area contributed by atoms with Crippen LogP contribution in [-0.2, 0) is 6.42 Å². The zero-order chi connectivity index (χ0) is 15.9. The Kier molecular flexibility index (Phi) is 6.00. The number of benzene rings is 2. The van der Waals surface area contributed by atoms with Crippen LogP contribution in [0.25, 0.3) is 0 Å². The minimum absolute atomic E-state index is 0.283. The van der Waals surface area contributed by atoms with Gasteiger partial charge in [-0.15, -0.1) is 0 Å². The van der Waals surface area contributed by atoms with Crippen LogP contribution in [0.4, 0.5) is 4.39 Å². The van der Waals surface area contributed by atoms with Crippen LogP contribution in [0.3, 0.4) is 0 Å². The van der Waals surface area contributed by atoms with Gasteiger partial charge in [0.05, 0.1) is 5.02 Å². The summed E-state index contributed by atoms with van der Waals surface area (Å²) >= 11 is 6.27. The Morgan fingerprint density at radius 1 is 1.18 bits per heavy atom. The molecule has 3 heteroatoms. The van der Waals surface area contributed by atoms with Gasteiger partial charge in [0.15, 0.2) is 0 Å². The molecule has 0 fully saturated rings. The minimum atomic E-state index is -0.283. The molecule has 0 bridgehead atoms. The molecule has 2 rings (SSSR count). The lowest BCUT2D eigenvalue weighted by Gasteiger charge is -2.09. The summed E-state index contributed by atoms with van der Waals surface area (Å²) in [4.78, 5) is 0. The molecule has 0 heterocycles. The van der Waals surface area contributed by atoms with E-state index >= 15 is 0 Å². The van der Waals surface area contributed by atoms with E-state index in [1.54, 1.807) is 12.1 Å². The van der Waals surface area contributed by atoms with Crippen molar-refractivity contribution in [2.24, 2.45) is 0 Å². The third-order valence-electron chi connectivity index (χ3n) is 3.50. The summed E-state index contributed by atoms with van der Waals surface area (Å²) in [5.74, 6) is 5.79. The molecule has 1 nitrogen and oxygen atoms in total. The number of hydrogen-bond donors (Lipinski definition) is 1. The van der Waals surface area contributed by atoms with Crippen molar-refractivity contribution in [1.29, 1.82) is 0 Å². The van der Waals surface area contributed by atoms with Gasteiger partial charge in [0.25, 0.3) is 0 Å². The largest absolute Gasteiger partial charge is 0.317 e. The normalized spacial score (nSPS) is 10.2. The predicted octanol–water partition coefficient (Wildman–Crippen LogP) is 4.34. The van der Waals surface area contributed by atoms with Crippen molar-refractivity contribution in [3.63, 3.8) is 0 Å². The summed E-state index contributed by atoms with van der Waals surface area (Å²) in [6.07, 6.45) is 0.936. The second kappa shape index (κ2) is 7.98. The van der Waals surface area contributed by atoms with E-state index in [-0.39, 0.29) is 5.82 Å². The number of hydrogen-bond acceptors (Lipinski definition) is 1. The van der Waals surface area contributed by atoms with E-state index in [1.807, 2.05) is 19.1 Å². The first kappa shape index (κ1) is 16.5. The van der Waals surface area contributed by atoms with Gasteiger partial charge in [-0.3, -0.25) is 0 Å². The molecule has 0 unspecified atom stereocenters. The fraction of sp³-hybridized carbons (Fsp3) is 0.263. The third-order valence-corrected chi connectivity index (χ3v) is 3.82. The van der Waals surface area contributed by atoms with E-state index in [0.29, 0.717) is 10.6 Å². The molecule has 0 aliphatic heterocycles. The zero-order valence-corrected chi connectivity index (χ0v) is 13.6. The van der Waals surface area contributed by atoms with Crippen LogP contribution in [0.2, 0.25) is 5.02 Å². The van der Waals surface area contributed by atoms with Crippen LogP contribution in [-0.4, -0.2) is 13.1 Å². The Balaban J connectivity index is 2.29. The topological polar surface area (TPSA) is 12.0 Å². The molecule has 114 valence electrons. The lowest BCUT2D eigenvalue weighted by molar-refractivity contribution is 0.627. The zero-order valence-electron chi connectivity index (χ0n) is 12.8. The highest BCUT2D eigenvalue weighted by Crippen LogP contribution is 2.22. The fourth-order valence-electron chi connectivity index (χ4n) is 2.25. The second-order valence-corrected chi connectivity index (χ2v) is 5.48. The van der Waals surface area contributed by atoms with Crippen LogP contribution in [0.1, 0.15) is 29.2 Å². The number of nitrogens with one attached hydrogen (secondary N) is 1. The van der Waals surface area contributed by atoms with E-state index in [1.165, 1.54) is 17.7 Å². The first-order valence-corrected chi connectivity index (χ1v) is 7.76. The summed E-state index contributed by atoms with van der Waals surface area (Å²) in [6, 6.07) is 10.2. The van der Waals surface area contributed by atoms with E-state index in [9.17, 15) is 4.39 Å². The van der Waals surface area contributed by atoms with E-state index in [0.717, 1.165) is 30.6 Å². The number of likely N-dealkylation sites (N-methyl/N-ethyl adjacent to an activating group) is 1. The first-order chi connectivity index (χ1) is 10.6. The molecule has 0 spiro atoms. The lowest BCUT2D eigenvalue weighted by atomic mass is 10.00. The van der Waals surface area contributed by atoms with E-state index in [2.05, 4.69) is 24.1 Å². The average Bonchev–Trinajstić information content (AvgIpc) is 2.50. The number of halogens is 2. The molecule has 0 aliphatic carbocycles. The Morgan fingerprint density at radius 3 is 2.73 bits per heavy atom. The molecule has 1 N–H and O–H groups in total. The molecule has 2 aromatic rings. The molecule has 0 amide bonds. The number of rotatable bonds is 4. The quantitative estimate of drug-likeness (QED) is 0.654. The highest BCUT2D eigenvalue weighted by molar-refractivity contribution is 6.31. The maximum Gasteiger partial charge on any atom is 0.124 e. The summed E-state index contributed by atoms with van der Waals surface area (Å²) < 4.78 is 13.2. The van der Waals surface area contributed by atoms with Crippen LogP contribution >= 0.6 is 11.6 Å². The van der Waals surface area contributed by atoms with Crippen LogP contribution in [0.5, 0.6) is 0 Å². The van der Waals surface area contributed by atoms with Gasteiger partial charge in [0, 0.05) is 11.1 Å². The second-order valence-electron chi connectivity index (χ2n) is 5.07. The van der Waals surface area contributed by atoms with Crippen LogP contribution in [0, 0.1) is 24.6 Å². The molecule has 0 saturated heterocycles. The molecule has 0 aromatic heterocycles. The van der Waals surface area contributed by atoms with Crippen LogP contribution in [0.15, 0.2) is 36.4 Å². The monoisotopic (exact) mass is 315 g/mol. The molecule has 0 aliphatic rings. The Labute approximate surface area is 136 Å². The molecule has 0 saturated carbocycles. The molecule has 2 aromatic carbocycles. The average molecular weight is 316 g/mol. The molecular formula is C19H19ClFN. The highest BCUT2D eigenvalue weighted by Gasteiger charge is 2.06. The van der Waals surface area contributed by atoms with E-state index in [4.69, 9.17) is 11.6 Å². The maximum absolute atomic E-state index is 13.2. The smallest absolute Gasteiger partial charge is 0.124 e. The van der Waals surface area contributed by atoms with Gasteiger partial charge in [-0.1, -0.05) is 42.5 Å². The summed E-state index contributed by atoms with van der Waals surface area (Å²) in [5, 5.41) is 3.94. The first-order valence-electron chi connectivity index (χ1n) is 7.38. The predicted molar refractivity (Wildman–Crippen MR) is 90.8 cm³/mol. The standard InChI is InChI=1S/C19H19ClFN/c1-3-22-12-11-16-8-10-19(20)18(14(16)2)9-7-15-5-4-6-17(21)13-15/h4-6,8,10,13,22H,3,11-12H2,1-2H3. The molecular weight excluding hydrogens is 297 g/mol. The van der Waals surface area contributed by atoms with Gasteiger partial charge < -0.3 is 5.32 Å². The van der Waals surface area contributed by atoms with Crippen molar-refractivity contribution < 1.29 is 4.39 Å². The van der Waals surface area contributed by atoms with Crippen molar-refractivity contribution >= 4 is 11.6 Å². The summed E-state index contributed by atoms with van der Waals surface area (Å²) in [5.41, 5.74) is 3.79. The Morgan fingerprint density at radius 2 is 2.00 bits per heavy atom. The van der Waals surface area contributed by atoms with Crippen molar-refractivity contribution in [2.45, 2.75) is 20.3 Å². The van der Waals surface area contributed by atoms with Crippen molar-refractivity contribution in [1.82, 2.24) is 5.32 Å². The highest BCUT2D eigenvalue weighted by atomic mass is 35.5. The SMILES string of the molecule is CCNCCc1ccc(Cl)c(C#Cc2cccc(F)c2)c1C. The maximum atomic E-state index is 13.2. The van der Waals surface area contributed by atoms with Gasteiger partial charge in [0.1, 0.15) is 5.82 Å². The summed E-state index contributed by atoms with van der Waals surface area (Å²) in [6.45, 7) is 6.00. The van der Waals surface area contributed by atoms with E-state index < -0.39 is 0 Å².